The zero-order valence-electron chi connectivity index (χ0n) is 8.50. The summed E-state index contributed by atoms with van der Waals surface area (Å²) >= 11 is 6.12. The van der Waals surface area contributed by atoms with Crippen molar-refractivity contribution in [1.29, 1.82) is 0 Å². The predicted octanol–water partition coefficient (Wildman–Crippen LogP) is 0.525. The van der Waals surface area contributed by atoms with E-state index in [-0.39, 0.29) is 0 Å². The van der Waals surface area contributed by atoms with Gasteiger partial charge in [-0.05, 0) is 6.92 Å². The Hall–Kier alpha value is -0.580. The first kappa shape index (κ1) is 9.96. The Morgan fingerprint density at radius 1 is 1.57 bits per heavy atom. The van der Waals surface area contributed by atoms with Gasteiger partial charge in [0.1, 0.15) is 5.15 Å². The number of nitrogens with two attached hydrogens (primary N) is 1. The molecule has 1 aromatic rings. The van der Waals surface area contributed by atoms with E-state index in [1.165, 1.54) is 0 Å². The summed E-state index contributed by atoms with van der Waals surface area (Å²) in [5.41, 5.74) is 7.85. The lowest BCUT2D eigenvalue weighted by Crippen LogP contribution is -2.54. The van der Waals surface area contributed by atoms with Crippen LogP contribution >= 0.6 is 11.6 Å². The van der Waals surface area contributed by atoms with Crippen LogP contribution in [0.5, 0.6) is 0 Å². The topological polar surface area (TPSA) is 47.1 Å². The van der Waals surface area contributed by atoms with Gasteiger partial charge < -0.3 is 5.73 Å². The number of rotatable bonds is 2. The third-order valence-corrected chi connectivity index (χ3v) is 3.11. The van der Waals surface area contributed by atoms with Crippen molar-refractivity contribution in [2.45, 2.75) is 19.5 Å². The number of halogens is 1. The SMILES string of the molecule is Cc1nn(C)c(Cl)c1CN1CC(N)C1. The number of hydrogen-bond acceptors (Lipinski definition) is 3. The average Bonchev–Trinajstić information content (AvgIpc) is 2.29. The van der Waals surface area contributed by atoms with Crippen LogP contribution in [0.15, 0.2) is 0 Å². The van der Waals surface area contributed by atoms with E-state index in [0.29, 0.717) is 6.04 Å². The van der Waals surface area contributed by atoms with Crippen LogP contribution in [-0.4, -0.2) is 33.8 Å². The molecule has 1 aliphatic rings. The highest BCUT2D eigenvalue weighted by Gasteiger charge is 2.25. The Labute approximate surface area is 88.6 Å². The van der Waals surface area contributed by atoms with E-state index in [4.69, 9.17) is 17.3 Å². The molecular weight excluding hydrogens is 200 g/mol. The van der Waals surface area contributed by atoms with Crippen molar-refractivity contribution in [3.8, 4) is 0 Å². The highest BCUT2D eigenvalue weighted by molar-refractivity contribution is 6.30. The molecule has 2 rings (SSSR count). The summed E-state index contributed by atoms with van der Waals surface area (Å²) in [5.74, 6) is 0. The molecule has 1 aliphatic heterocycles. The van der Waals surface area contributed by atoms with Gasteiger partial charge in [0.2, 0.25) is 0 Å². The predicted molar refractivity (Wildman–Crippen MR) is 56.2 cm³/mol. The zero-order valence-corrected chi connectivity index (χ0v) is 9.25. The van der Waals surface area contributed by atoms with Gasteiger partial charge in [0.25, 0.3) is 0 Å². The summed E-state index contributed by atoms with van der Waals surface area (Å²) in [6.45, 7) is 4.78. The fourth-order valence-corrected chi connectivity index (χ4v) is 2.05. The Kier molecular flexibility index (Phi) is 2.51. The molecule has 1 aromatic heterocycles. The summed E-state index contributed by atoms with van der Waals surface area (Å²) in [6.07, 6.45) is 0. The van der Waals surface area contributed by atoms with Gasteiger partial charge >= 0.3 is 0 Å². The summed E-state index contributed by atoms with van der Waals surface area (Å²) in [7, 11) is 1.86. The number of hydrogen-bond donors (Lipinski definition) is 1. The van der Waals surface area contributed by atoms with Crippen LogP contribution in [0.2, 0.25) is 5.15 Å². The van der Waals surface area contributed by atoms with Crippen LogP contribution in [0.4, 0.5) is 0 Å². The fourth-order valence-electron chi connectivity index (χ4n) is 1.82. The van der Waals surface area contributed by atoms with Crippen molar-refractivity contribution in [3.63, 3.8) is 0 Å². The highest BCUT2D eigenvalue weighted by atomic mass is 35.5. The molecule has 0 amide bonds. The molecule has 0 aromatic carbocycles. The molecular formula is C9H15ClN4. The first-order valence-corrected chi connectivity index (χ1v) is 5.11. The van der Waals surface area contributed by atoms with E-state index in [2.05, 4.69) is 10.00 Å². The minimum atomic E-state index is 0.339. The van der Waals surface area contributed by atoms with E-state index in [9.17, 15) is 0 Å². The van der Waals surface area contributed by atoms with E-state index in [1.807, 2.05) is 14.0 Å². The summed E-state index contributed by atoms with van der Waals surface area (Å²) in [6, 6.07) is 0.339. The molecule has 0 atom stereocenters. The fraction of sp³-hybridized carbons (Fsp3) is 0.667. The molecule has 0 bridgehead atoms. The van der Waals surface area contributed by atoms with Crippen LogP contribution in [0.25, 0.3) is 0 Å². The lowest BCUT2D eigenvalue weighted by molar-refractivity contribution is 0.142. The molecule has 0 saturated carbocycles. The summed E-state index contributed by atoms with van der Waals surface area (Å²) in [5, 5.41) is 5.01. The Bertz CT molecular complexity index is 341. The Morgan fingerprint density at radius 2 is 2.21 bits per heavy atom. The van der Waals surface area contributed by atoms with Crippen LogP contribution < -0.4 is 5.73 Å². The van der Waals surface area contributed by atoms with Crippen molar-refractivity contribution >= 4 is 11.6 Å². The van der Waals surface area contributed by atoms with Crippen LogP contribution in [0.1, 0.15) is 11.3 Å². The maximum absolute atomic E-state index is 6.12. The summed E-state index contributed by atoms with van der Waals surface area (Å²) in [4.78, 5) is 2.28. The molecule has 0 spiro atoms. The molecule has 78 valence electrons. The van der Waals surface area contributed by atoms with Gasteiger partial charge in [-0.3, -0.25) is 9.58 Å². The first-order chi connectivity index (χ1) is 6.58. The van der Waals surface area contributed by atoms with Crippen molar-refractivity contribution < 1.29 is 0 Å². The lowest BCUT2D eigenvalue weighted by Gasteiger charge is -2.36. The molecule has 4 nitrogen and oxygen atoms in total. The van der Waals surface area contributed by atoms with E-state index in [0.717, 1.165) is 36.0 Å². The van der Waals surface area contributed by atoms with E-state index in [1.54, 1.807) is 4.68 Å². The number of likely N-dealkylation sites (tertiary alicyclic amines) is 1. The molecule has 5 heteroatoms. The van der Waals surface area contributed by atoms with Gasteiger partial charge in [0.15, 0.2) is 0 Å². The van der Waals surface area contributed by atoms with Gasteiger partial charge in [-0.15, -0.1) is 0 Å². The molecule has 2 heterocycles. The monoisotopic (exact) mass is 214 g/mol. The second-order valence-corrected chi connectivity index (χ2v) is 4.29. The second-order valence-electron chi connectivity index (χ2n) is 3.93. The number of aromatic nitrogens is 2. The van der Waals surface area contributed by atoms with Gasteiger partial charge in [-0.25, -0.2) is 0 Å². The van der Waals surface area contributed by atoms with Crippen molar-refractivity contribution in [2.24, 2.45) is 12.8 Å². The van der Waals surface area contributed by atoms with E-state index >= 15 is 0 Å². The third kappa shape index (κ3) is 1.65. The molecule has 14 heavy (non-hydrogen) atoms. The van der Waals surface area contributed by atoms with Gasteiger partial charge in [-0.2, -0.15) is 5.10 Å². The Balaban J connectivity index is 2.09. The van der Waals surface area contributed by atoms with Gasteiger partial charge in [0.05, 0.1) is 5.69 Å². The van der Waals surface area contributed by atoms with Crippen LogP contribution in [0, 0.1) is 6.92 Å². The standard InChI is InChI=1S/C9H15ClN4/c1-6-8(9(10)13(2)12-6)5-14-3-7(11)4-14/h7H,3-5,11H2,1-2H3. The molecule has 2 N–H and O–H groups in total. The third-order valence-electron chi connectivity index (χ3n) is 2.64. The minimum Gasteiger partial charge on any atom is -0.325 e. The summed E-state index contributed by atoms with van der Waals surface area (Å²) < 4.78 is 1.71. The zero-order chi connectivity index (χ0) is 10.3. The smallest absolute Gasteiger partial charge is 0.131 e. The second kappa shape index (κ2) is 3.53. The molecule has 0 aliphatic carbocycles. The molecule has 1 fully saturated rings. The molecule has 0 unspecified atom stereocenters. The Morgan fingerprint density at radius 3 is 2.64 bits per heavy atom. The van der Waals surface area contributed by atoms with E-state index < -0.39 is 0 Å². The first-order valence-electron chi connectivity index (χ1n) is 4.74. The van der Waals surface area contributed by atoms with Gasteiger partial charge in [-0.1, -0.05) is 11.6 Å². The van der Waals surface area contributed by atoms with Crippen LogP contribution in [0.3, 0.4) is 0 Å². The number of nitrogens with zero attached hydrogens (tertiary/aromatic N) is 3. The lowest BCUT2D eigenvalue weighted by atomic mass is 10.1. The normalized spacial score (nSPS) is 18.6. The highest BCUT2D eigenvalue weighted by Crippen LogP contribution is 2.22. The average molecular weight is 215 g/mol. The molecule has 0 radical (unpaired) electrons. The van der Waals surface area contributed by atoms with Crippen molar-refractivity contribution in [3.05, 3.63) is 16.4 Å². The maximum atomic E-state index is 6.12. The largest absolute Gasteiger partial charge is 0.325 e. The van der Waals surface area contributed by atoms with Crippen LogP contribution in [-0.2, 0) is 13.6 Å². The van der Waals surface area contributed by atoms with Crippen molar-refractivity contribution in [1.82, 2.24) is 14.7 Å². The number of aryl methyl sites for hydroxylation is 2. The minimum absolute atomic E-state index is 0.339. The van der Waals surface area contributed by atoms with Gasteiger partial charge in [0, 0.05) is 38.3 Å². The molecule has 1 saturated heterocycles. The quantitative estimate of drug-likeness (QED) is 0.781. The maximum Gasteiger partial charge on any atom is 0.131 e. The van der Waals surface area contributed by atoms with Crippen molar-refractivity contribution in [2.75, 3.05) is 13.1 Å².